The van der Waals surface area contributed by atoms with E-state index in [0.29, 0.717) is 122 Å². The zero-order valence-corrected chi connectivity index (χ0v) is 51.9. The van der Waals surface area contributed by atoms with Crippen LogP contribution in [-0.2, 0) is 59.5 Å². The van der Waals surface area contributed by atoms with Crippen molar-refractivity contribution in [3.8, 4) is 17.2 Å². The van der Waals surface area contributed by atoms with Crippen LogP contribution in [0.5, 0.6) is 17.2 Å². The van der Waals surface area contributed by atoms with Crippen molar-refractivity contribution in [3.63, 3.8) is 0 Å². The topological polar surface area (TPSA) is 199 Å². The first-order chi connectivity index (χ1) is 42.1. The summed E-state index contributed by atoms with van der Waals surface area (Å²) in [5.41, 5.74) is 9.23. The molecule has 0 aliphatic carbocycles. The van der Waals surface area contributed by atoms with E-state index >= 15 is 0 Å². The van der Waals surface area contributed by atoms with Crippen molar-refractivity contribution in [1.82, 2.24) is 9.96 Å². The zero-order chi connectivity index (χ0) is 61.2. The molecule has 0 N–H and O–H groups in total. The number of aliphatic imine (C=N–C) groups is 2. The van der Waals surface area contributed by atoms with Crippen molar-refractivity contribution in [2.75, 3.05) is 80.7 Å². The number of hydrogen-bond donors (Lipinski definition) is 0. The average Bonchev–Trinajstić information content (AvgIpc) is 2.09. The largest absolute Gasteiger partial charge is 0.493 e. The van der Waals surface area contributed by atoms with E-state index in [2.05, 4.69) is 43.9 Å². The molecule has 19 nitrogen and oxygen atoms in total. The van der Waals surface area contributed by atoms with Gasteiger partial charge in [0, 0.05) is 124 Å². The smallest absolute Gasteiger partial charge is 0.333 e. The molecule has 5 amide bonds. The molecule has 0 bridgehead atoms. The van der Waals surface area contributed by atoms with Crippen LogP contribution in [0.1, 0.15) is 114 Å². The summed E-state index contributed by atoms with van der Waals surface area (Å²) < 4.78 is 30.7. The van der Waals surface area contributed by atoms with Crippen LogP contribution in [0.3, 0.4) is 0 Å². The minimum absolute atomic E-state index is 0.00116. The molecule has 0 aromatic heterocycles. The Bertz CT molecular complexity index is 3450. The van der Waals surface area contributed by atoms with Gasteiger partial charge in [-0.05, 0) is 110 Å². The summed E-state index contributed by atoms with van der Waals surface area (Å²) in [7, 11) is 6.59. The van der Waals surface area contributed by atoms with Gasteiger partial charge in [-0.25, -0.2) is 4.79 Å². The Morgan fingerprint density at radius 3 is 1.90 bits per heavy atom. The lowest BCUT2D eigenvalue weighted by Gasteiger charge is -2.30. The first kappa shape index (κ1) is 62.3. The van der Waals surface area contributed by atoms with E-state index in [4.69, 9.17) is 38.5 Å². The molecule has 0 spiro atoms. The normalized spacial score (nSPS) is 16.4. The highest BCUT2D eigenvalue weighted by atomic mass is 33.1. The fourth-order valence-electron chi connectivity index (χ4n) is 11.4. The van der Waals surface area contributed by atoms with Gasteiger partial charge >= 0.3 is 5.97 Å². The lowest BCUT2D eigenvalue weighted by Crippen LogP contribution is -2.38. The van der Waals surface area contributed by atoms with Crippen LogP contribution in [0.15, 0.2) is 101 Å². The highest BCUT2D eigenvalue weighted by molar-refractivity contribution is 8.77. The molecule has 87 heavy (non-hydrogen) atoms. The summed E-state index contributed by atoms with van der Waals surface area (Å²) in [4.78, 5) is 101. The maximum atomic E-state index is 14.3. The molecular weight excluding hydrogens is 1150 g/mol. The fraction of sp³-hybridized carbons (Fsp3) is 0.424. The standard InChI is InChI=1S/C66H75N7O12S2/c1-7-24-81-26-27-82-25-23-70(22-12-18-60(74)69(5)42-66(3,4)87-86-28-13-19-63(77)85-73-61(75)20-21-62(73)76)48-31-44(40-83-57-36-53-51(29-43(57)2)64(78)71-49(38-67-53)33-46-14-8-10-16-55(46)71)30-45(32-48)41-84-59-37-54-52(35-58(59)80-6)65(79)72-50(39-68-54)34-47-15-9-11-17-56(47)72/h8-11,14-17,29-32,35-39,49-50H,7,12-13,18-28,33-34,40-42H2,1-6H3/t49-,50-/m0/s1. The summed E-state index contributed by atoms with van der Waals surface area (Å²) in [6.07, 6.45) is 7.44. The summed E-state index contributed by atoms with van der Waals surface area (Å²) >= 11 is 0. The van der Waals surface area contributed by atoms with Gasteiger partial charge in [0.05, 0.1) is 61.5 Å². The zero-order valence-electron chi connectivity index (χ0n) is 50.3. The highest BCUT2D eigenvalue weighted by Crippen LogP contribution is 2.43. The van der Waals surface area contributed by atoms with E-state index in [1.807, 2.05) is 92.0 Å². The van der Waals surface area contributed by atoms with E-state index in [1.165, 1.54) is 0 Å². The number of benzene rings is 5. The lowest BCUT2D eigenvalue weighted by molar-refractivity contribution is -0.197. The molecule has 5 aromatic carbocycles. The Morgan fingerprint density at radius 2 is 1.28 bits per heavy atom. The molecule has 5 heterocycles. The number of imide groups is 1. The lowest BCUT2D eigenvalue weighted by atomic mass is 10.1. The first-order valence-electron chi connectivity index (χ1n) is 29.8. The molecule has 0 radical (unpaired) electrons. The van der Waals surface area contributed by atoms with Gasteiger partial charge in [0.15, 0.2) is 11.5 Å². The maximum Gasteiger partial charge on any atom is 0.333 e. The Balaban J connectivity index is 0.853. The molecule has 1 fully saturated rings. The number of carbonyl (C=O) groups excluding carboxylic acids is 6. The minimum Gasteiger partial charge on any atom is -0.493 e. The van der Waals surface area contributed by atoms with Gasteiger partial charge in [-0.3, -0.25) is 43.8 Å². The van der Waals surface area contributed by atoms with Crippen LogP contribution < -0.4 is 28.9 Å². The van der Waals surface area contributed by atoms with Crippen LogP contribution in [-0.4, -0.2) is 141 Å². The molecule has 0 unspecified atom stereocenters. The number of para-hydroxylation sites is 2. The predicted octanol–water partition coefficient (Wildman–Crippen LogP) is 10.8. The van der Waals surface area contributed by atoms with E-state index < -0.39 is 17.8 Å². The molecular formula is C66H75N7O12S2. The molecule has 1 saturated heterocycles. The number of aryl methyl sites for hydroxylation is 1. The molecule has 2 atom stereocenters. The van der Waals surface area contributed by atoms with Crippen molar-refractivity contribution in [1.29, 1.82) is 0 Å². The Labute approximate surface area is 516 Å². The Hall–Kier alpha value is -7.72. The highest BCUT2D eigenvalue weighted by Gasteiger charge is 2.39. The van der Waals surface area contributed by atoms with Crippen molar-refractivity contribution in [2.24, 2.45) is 9.98 Å². The van der Waals surface area contributed by atoms with Crippen molar-refractivity contribution >= 4 is 98.0 Å². The van der Waals surface area contributed by atoms with Crippen LogP contribution in [0.4, 0.5) is 28.4 Å². The summed E-state index contributed by atoms with van der Waals surface area (Å²) in [5, 5.41) is 0.572. The van der Waals surface area contributed by atoms with Crippen molar-refractivity contribution < 1.29 is 57.3 Å². The quantitative estimate of drug-likeness (QED) is 0.0249. The SMILES string of the molecule is CCCOCCOCCN(CCCC(=O)N(C)CC(C)(C)SSCCCC(=O)ON1C(=O)CCC1=O)c1cc(COc2cc3c(cc2C)C(=O)N2c4ccccc4C[C@H]2C=N3)cc(COc2cc3c(cc2OC)C(=O)N2c4ccccc4C[C@H]2C=N3)c1. The number of ether oxygens (including phenoxy) is 5. The summed E-state index contributed by atoms with van der Waals surface area (Å²) in [5.74, 6) is 0.128. The van der Waals surface area contributed by atoms with Crippen LogP contribution in [0.25, 0.3) is 0 Å². The summed E-state index contributed by atoms with van der Waals surface area (Å²) in [6, 6.07) is 28.8. The number of fused-ring (bicyclic) bond motifs is 8. The van der Waals surface area contributed by atoms with E-state index in [0.717, 1.165) is 51.3 Å². The third kappa shape index (κ3) is 15.0. The van der Waals surface area contributed by atoms with Gasteiger partial charge in [0.2, 0.25) is 5.91 Å². The first-order valence-corrected chi connectivity index (χ1v) is 32.1. The van der Waals surface area contributed by atoms with Gasteiger partial charge < -0.3 is 38.3 Å². The van der Waals surface area contributed by atoms with Gasteiger partial charge in [-0.2, -0.15) is 0 Å². The number of rotatable bonds is 29. The second-order valence-electron chi connectivity index (χ2n) is 22.8. The van der Waals surface area contributed by atoms with E-state index in [9.17, 15) is 28.8 Å². The average molecular weight is 1220 g/mol. The number of anilines is 3. The number of hydrogen-bond acceptors (Lipinski definition) is 17. The molecule has 21 heteroatoms. The van der Waals surface area contributed by atoms with E-state index in [1.54, 1.807) is 50.6 Å². The maximum absolute atomic E-state index is 14.3. The van der Waals surface area contributed by atoms with Crippen molar-refractivity contribution in [3.05, 3.63) is 130 Å². The second kappa shape index (κ2) is 28.4. The molecule has 5 aromatic rings. The van der Waals surface area contributed by atoms with Crippen LogP contribution in [0, 0.1) is 6.92 Å². The number of amides is 5. The number of hydroxylamine groups is 2. The third-order valence-electron chi connectivity index (χ3n) is 15.6. The van der Waals surface area contributed by atoms with Crippen LogP contribution in [0.2, 0.25) is 0 Å². The Kier molecular flexibility index (Phi) is 20.4. The van der Waals surface area contributed by atoms with Gasteiger partial charge in [-0.1, -0.05) is 64.9 Å². The van der Waals surface area contributed by atoms with Gasteiger partial charge in [0.1, 0.15) is 19.0 Å². The second-order valence-corrected chi connectivity index (χ2v) is 25.9. The van der Waals surface area contributed by atoms with E-state index in [-0.39, 0.29) is 73.4 Å². The third-order valence-corrected chi connectivity index (χ3v) is 19.0. The molecule has 10 rings (SSSR count). The predicted molar refractivity (Wildman–Crippen MR) is 339 cm³/mol. The Morgan fingerprint density at radius 1 is 0.690 bits per heavy atom. The summed E-state index contributed by atoms with van der Waals surface area (Å²) in [6.45, 7) is 11.9. The van der Waals surface area contributed by atoms with Crippen LogP contribution >= 0.6 is 21.6 Å². The number of nitrogens with zero attached hydrogens (tertiary/aromatic N) is 7. The molecule has 5 aliphatic rings. The molecule has 5 aliphatic heterocycles. The minimum atomic E-state index is -0.620. The fourth-order valence-corrected chi connectivity index (χ4v) is 14.0. The molecule has 0 saturated carbocycles. The van der Waals surface area contributed by atoms with Gasteiger partial charge in [-0.15, -0.1) is 5.06 Å². The number of carbonyl (C=O) groups is 6. The monoisotopic (exact) mass is 1220 g/mol. The number of methoxy groups -OCH3 is 1. The van der Waals surface area contributed by atoms with Gasteiger partial charge in [0.25, 0.3) is 23.6 Å². The van der Waals surface area contributed by atoms with Crippen molar-refractivity contribution in [2.45, 2.75) is 116 Å². The molecule has 458 valence electrons.